The second kappa shape index (κ2) is 6.23. The molecule has 5 nitrogen and oxygen atoms in total. The molecule has 3 amide bonds. The molecule has 5 heteroatoms. The highest BCUT2D eigenvalue weighted by atomic mass is 16.2. The van der Waals surface area contributed by atoms with Gasteiger partial charge in [-0.2, -0.15) is 0 Å². The second-order valence-corrected chi connectivity index (χ2v) is 8.80. The SMILES string of the molecule is CCC(=O)N1CCC(NC(=O)NC23CC4CC(CC(C4)C2)C3)CC1. The van der Waals surface area contributed by atoms with E-state index >= 15 is 0 Å². The number of urea groups is 1. The summed E-state index contributed by atoms with van der Waals surface area (Å²) >= 11 is 0. The minimum absolute atomic E-state index is 0.0252. The minimum atomic E-state index is 0.0252. The molecule has 4 saturated carbocycles. The summed E-state index contributed by atoms with van der Waals surface area (Å²) in [4.78, 5) is 26.2. The number of likely N-dealkylation sites (tertiary alicyclic amines) is 1. The van der Waals surface area contributed by atoms with Gasteiger partial charge in [0.25, 0.3) is 0 Å². The van der Waals surface area contributed by atoms with Crippen molar-refractivity contribution in [3.8, 4) is 0 Å². The minimum Gasteiger partial charge on any atom is -0.343 e. The number of amides is 3. The van der Waals surface area contributed by atoms with Crippen LogP contribution in [0.3, 0.4) is 0 Å². The summed E-state index contributed by atoms with van der Waals surface area (Å²) in [5.41, 5.74) is 0.0811. The van der Waals surface area contributed by atoms with Gasteiger partial charge in [-0.15, -0.1) is 0 Å². The van der Waals surface area contributed by atoms with Crippen LogP contribution in [0.25, 0.3) is 0 Å². The van der Waals surface area contributed by atoms with Crippen LogP contribution in [0.2, 0.25) is 0 Å². The maximum atomic E-state index is 12.6. The van der Waals surface area contributed by atoms with Gasteiger partial charge in [-0.05, 0) is 69.1 Å². The summed E-state index contributed by atoms with van der Waals surface area (Å²) in [6.07, 6.45) is 10.1. The van der Waals surface area contributed by atoms with Crippen molar-refractivity contribution in [2.75, 3.05) is 13.1 Å². The Kier molecular flexibility index (Phi) is 4.21. The van der Waals surface area contributed by atoms with E-state index in [-0.39, 0.29) is 23.5 Å². The van der Waals surface area contributed by atoms with Gasteiger partial charge < -0.3 is 15.5 Å². The third-order valence-corrected chi connectivity index (χ3v) is 6.90. The molecular formula is C19H31N3O2. The van der Waals surface area contributed by atoms with Crippen molar-refractivity contribution in [3.05, 3.63) is 0 Å². The molecule has 0 radical (unpaired) electrons. The summed E-state index contributed by atoms with van der Waals surface area (Å²) < 4.78 is 0. The molecular weight excluding hydrogens is 302 g/mol. The van der Waals surface area contributed by atoms with Crippen LogP contribution in [0, 0.1) is 17.8 Å². The largest absolute Gasteiger partial charge is 0.343 e. The first-order chi connectivity index (χ1) is 11.5. The lowest BCUT2D eigenvalue weighted by Gasteiger charge is -2.56. The number of carbonyl (C=O) groups excluding carboxylic acids is 2. The number of piperidine rings is 1. The van der Waals surface area contributed by atoms with Gasteiger partial charge in [0.15, 0.2) is 0 Å². The zero-order valence-electron chi connectivity index (χ0n) is 14.9. The Hall–Kier alpha value is -1.26. The maximum absolute atomic E-state index is 12.6. The van der Waals surface area contributed by atoms with Gasteiger partial charge in [0.1, 0.15) is 0 Å². The standard InChI is InChI=1S/C19H31N3O2/c1-2-17(23)22-5-3-16(4-6-22)20-18(24)21-19-10-13-7-14(11-19)9-15(8-13)12-19/h13-16H,2-12H2,1H3,(H2,20,21,24). The van der Waals surface area contributed by atoms with Crippen molar-refractivity contribution in [2.45, 2.75) is 76.3 Å². The van der Waals surface area contributed by atoms with Gasteiger partial charge in [-0.3, -0.25) is 4.79 Å². The molecule has 0 aromatic carbocycles. The Balaban J connectivity index is 1.28. The van der Waals surface area contributed by atoms with E-state index in [9.17, 15) is 9.59 Å². The third kappa shape index (κ3) is 3.14. The van der Waals surface area contributed by atoms with Crippen molar-refractivity contribution in [2.24, 2.45) is 17.8 Å². The Morgan fingerprint density at radius 3 is 2.04 bits per heavy atom. The summed E-state index contributed by atoms with van der Waals surface area (Å²) in [6, 6.07) is 0.233. The summed E-state index contributed by atoms with van der Waals surface area (Å²) in [7, 11) is 0. The lowest BCUT2D eigenvalue weighted by molar-refractivity contribution is -0.131. The Bertz CT molecular complexity index is 475. The average molecular weight is 333 g/mol. The van der Waals surface area contributed by atoms with Crippen LogP contribution in [0.5, 0.6) is 0 Å². The molecule has 0 aromatic rings. The van der Waals surface area contributed by atoms with Gasteiger partial charge in [0, 0.05) is 31.1 Å². The molecule has 5 aliphatic rings. The fourth-order valence-corrected chi connectivity index (χ4v) is 6.22. The molecule has 1 heterocycles. The van der Waals surface area contributed by atoms with Crippen molar-refractivity contribution in [3.63, 3.8) is 0 Å². The fourth-order valence-electron chi connectivity index (χ4n) is 6.22. The van der Waals surface area contributed by atoms with Crippen LogP contribution < -0.4 is 10.6 Å². The highest BCUT2D eigenvalue weighted by Crippen LogP contribution is 2.55. The fraction of sp³-hybridized carbons (Fsp3) is 0.895. The molecule has 0 spiro atoms. The zero-order chi connectivity index (χ0) is 16.7. The Morgan fingerprint density at radius 2 is 1.54 bits per heavy atom. The molecule has 4 bridgehead atoms. The molecule has 5 rings (SSSR count). The normalized spacial score (nSPS) is 38.2. The molecule has 4 aliphatic carbocycles. The van der Waals surface area contributed by atoms with E-state index in [4.69, 9.17) is 0 Å². The van der Waals surface area contributed by atoms with E-state index in [1.54, 1.807) is 0 Å². The number of hydrogen-bond donors (Lipinski definition) is 2. The van der Waals surface area contributed by atoms with Crippen LogP contribution in [0.15, 0.2) is 0 Å². The predicted octanol–water partition coefficient (Wildman–Crippen LogP) is 2.66. The van der Waals surface area contributed by atoms with Gasteiger partial charge in [0.2, 0.25) is 5.91 Å². The monoisotopic (exact) mass is 333 g/mol. The highest BCUT2D eigenvalue weighted by molar-refractivity contribution is 5.76. The molecule has 0 unspecified atom stereocenters. The third-order valence-electron chi connectivity index (χ3n) is 6.90. The van der Waals surface area contributed by atoms with Gasteiger partial charge in [0.05, 0.1) is 0 Å². The van der Waals surface area contributed by atoms with E-state index in [2.05, 4.69) is 10.6 Å². The van der Waals surface area contributed by atoms with E-state index in [0.29, 0.717) is 6.42 Å². The van der Waals surface area contributed by atoms with Crippen LogP contribution in [0.4, 0.5) is 4.79 Å². The topological polar surface area (TPSA) is 61.4 Å². The quantitative estimate of drug-likeness (QED) is 0.834. The lowest BCUT2D eigenvalue weighted by atomic mass is 9.53. The van der Waals surface area contributed by atoms with E-state index in [1.165, 1.54) is 38.5 Å². The Morgan fingerprint density at radius 1 is 1.00 bits per heavy atom. The lowest BCUT2D eigenvalue weighted by Crippen LogP contribution is -2.62. The van der Waals surface area contributed by atoms with Crippen molar-refractivity contribution >= 4 is 11.9 Å². The summed E-state index contributed by atoms with van der Waals surface area (Å²) in [5.74, 6) is 2.77. The van der Waals surface area contributed by atoms with Gasteiger partial charge in [-0.25, -0.2) is 4.79 Å². The molecule has 1 saturated heterocycles. The number of nitrogens with zero attached hydrogens (tertiary/aromatic N) is 1. The van der Waals surface area contributed by atoms with Crippen LogP contribution >= 0.6 is 0 Å². The van der Waals surface area contributed by atoms with Crippen LogP contribution in [-0.4, -0.2) is 41.5 Å². The van der Waals surface area contributed by atoms with Crippen molar-refractivity contribution in [1.82, 2.24) is 15.5 Å². The molecule has 0 atom stereocenters. The van der Waals surface area contributed by atoms with E-state index < -0.39 is 0 Å². The summed E-state index contributed by atoms with van der Waals surface area (Å²) in [6.45, 7) is 3.45. The number of nitrogens with one attached hydrogen (secondary N) is 2. The van der Waals surface area contributed by atoms with Crippen LogP contribution in [0.1, 0.15) is 64.7 Å². The first kappa shape index (κ1) is 16.2. The predicted molar refractivity (Wildman–Crippen MR) is 92.5 cm³/mol. The maximum Gasteiger partial charge on any atom is 0.315 e. The molecule has 24 heavy (non-hydrogen) atoms. The first-order valence-electron chi connectivity index (χ1n) is 9.92. The van der Waals surface area contributed by atoms with E-state index in [0.717, 1.165) is 43.7 Å². The first-order valence-corrected chi connectivity index (χ1v) is 9.92. The van der Waals surface area contributed by atoms with Crippen molar-refractivity contribution < 1.29 is 9.59 Å². The molecule has 5 fully saturated rings. The second-order valence-electron chi connectivity index (χ2n) is 8.80. The van der Waals surface area contributed by atoms with E-state index in [1.807, 2.05) is 11.8 Å². The smallest absolute Gasteiger partial charge is 0.315 e. The number of hydrogen-bond acceptors (Lipinski definition) is 2. The summed E-state index contributed by atoms with van der Waals surface area (Å²) in [5, 5.41) is 6.57. The average Bonchev–Trinajstić information content (AvgIpc) is 2.53. The van der Waals surface area contributed by atoms with Gasteiger partial charge >= 0.3 is 6.03 Å². The Labute approximate surface area is 144 Å². The zero-order valence-corrected chi connectivity index (χ0v) is 14.9. The molecule has 0 aromatic heterocycles. The number of rotatable bonds is 3. The number of carbonyl (C=O) groups is 2. The molecule has 2 N–H and O–H groups in total. The van der Waals surface area contributed by atoms with Crippen molar-refractivity contribution in [1.29, 1.82) is 0 Å². The highest BCUT2D eigenvalue weighted by Gasteiger charge is 2.51. The van der Waals surface area contributed by atoms with Gasteiger partial charge in [-0.1, -0.05) is 6.92 Å². The van der Waals surface area contributed by atoms with Crippen LogP contribution in [-0.2, 0) is 4.79 Å². The molecule has 134 valence electrons. The molecule has 1 aliphatic heterocycles.